The summed E-state index contributed by atoms with van der Waals surface area (Å²) >= 11 is 0. The summed E-state index contributed by atoms with van der Waals surface area (Å²) in [6.45, 7) is 5.03. The number of rotatable bonds is 3. The van der Waals surface area contributed by atoms with E-state index < -0.39 is 24.7 Å². The van der Waals surface area contributed by atoms with Crippen molar-refractivity contribution in [1.29, 1.82) is 0 Å². The third-order valence-electron chi connectivity index (χ3n) is 3.03. The fraction of sp³-hybridized carbons (Fsp3) is 1.00. The van der Waals surface area contributed by atoms with E-state index in [1.807, 2.05) is 13.8 Å². The van der Waals surface area contributed by atoms with Crippen LogP contribution in [-0.2, 0) is 0 Å². The average Bonchev–Trinajstić information content (AvgIpc) is 2.37. The van der Waals surface area contributed by atoms with E-state index in [2.05, 4.69) is 0 Å². The number of nitrogens with zero attached hydrogens (tertiary/aromatic N) is 1. The van der Waals surface area contributed by atoms with Crippen molar-refractivity contribution in [2.45, 2.75) is 51.4 Å². The van der Waals surface area contributed by atoms with Crippen molar-refractivity contribution < 1.29 is 13.9 Å². The van der Waals surface area contributed by atoms with Crippen LogP contribution in [0.1, 0.15) is 27.2 Å². The molecule has 3 N–H and O–H groups in total. The van der Waals surface area contributed by atoms with Crippen LogP contribution in [-0.4, -0.2) is 40.8 Å². The maximum Gasteiger partial charge on any atom is 0.262 e. The van der Waals surface area contributed by atoms with Crippen molar-refractivity contribution in [3.63, 3.8) is 0 Å². The van der Waals surface area contributed by atoms with E-state index >= 15 is 0 Å². The number of aliphatic hydroxyl groups excluding tert-OH is 1. The van der Waals surface area contributed by atoms with Gasteiger partial charge in [0.1, 0.15) is 6.23 Å². The lowest BCUT2D eigenvalue weighted by Crippen LogP contribution is -2.51. The van der Waals surface area contributed by atoms with Gasteiger partial charge >= 0.3 is 0 Å². The van der Waals surface area contributed by atoms with Gasteiger partial charge in [0.25, 0.3) is 5.92 Å². The summed E-state index contributed by atoms with van der Waals surface area (Å²) in [5.74, 6) is -2.63. The van der Waals surface area contributed by atoms with Crippen LogP contribution in [0.2, 0.25) is 0 Å². The van der Waals surface area contributed by atoms with Crippen molar-refractivity contribution in [2.75, 3.05) is 6.54 Å². The highest BCUT2D eigenvalue weighted by Crippen LogP contribution is 2.33. The first-order valence-electron chi connectivity index (χ1n) is 5.32. The van der Waals surface area contributed by atoms with Crippen LogP contribution in [0.25, 0.3) is 0 Å². The Morgan fingerprint density at radius 2 is 2.00 bits per heavy atom. The van der Waals surface area contributed by atoms with Gasteiger partial charge in [-0.3, -0.25) is 4.90 Å². The number of hydrogen-bond donors (Lipinski definition) is 2. The van der Waals surface area contributed by atoms with Gasteiger partial charge in [-0.2, -0.15) is 0 Å². The maximum atomic E-state index is 13.1. The van der Waals surface area contributed by atoms with Crippen molar-refractivity contribution in [3.05, 3.63) is 0 Å². The molecule has 1 unspecified atom stereocenters. The highest BCUT2D eigenvalue weighted by molar-refractivity contribution is 4.91. The quantitative estimate of drug-likeness (QED) is 0.749. The molecule has 1 aliphatic heterocycles. The van der Waals surface area contributed by atoms with Crippen LogP contribution in [0.3, 0.4) is 0 Å². The second-order valence-corrected chi connectivity index (χ2v) is 4.82. The molecule has 0 bridgehead atoms. The summed E-state index contributed by atoms with van der Waals surface area (Å²) in [4.78, 5) is 1.39. The van der Waals surface area contributed by atoms with E-state index in [4.69, 9.17) is 5.73 Å². The monoisotopic (exact) mass is 222 g/mol. The van der Waals surface area contributed by atoms with E-state index in [0.717, 1.165) is 0 Å². The zero-order chi connectivity index (χ0) is 11.8. The molecule has 0 spiro atoms. The molecule has 0 aromatic rings. The molecular formula is C10H20F2N2O. The summed E-state index contributed by atoms with van der Waals surface area (Å²) < 4.78 is 26.2. The Morgan fingerprint density at radius 3 is 2.33 bits per heavy atom. The first-order chi connectivity index (χ1) is 6.74. The largest absolute Gasteiger partial charge is 0.377 e. The Morgan fingerprint density at radius 1 is 1.47 bits per heavy atom. The topological polar surface area (TPSA) is 49.5 Å². The van der Waals surface area contributed by atoms with E-state index in [0.29, 0.717) is 0 Å². The Kier molecular flexibility index (Phi) is 3.68. The molecule has 3 atom stereocenters. The highest BCUT2D eigenvalue weighted by atomic mass is 19.3. The summed E-state index contributed by atoms with van der Waals surface area (Å²) in [6.07, 6.45) is -1.18. The molecular weight excluding hydrogens is 202 g/mol. The Balaban J connectivity index is 2.65. The van der Waals surface area contributed by atoms with Gasteiger partial charge in [-0.1, -0.05) is 13.8 Å². The normalized spacial score (nSPS) is 30.8. The lowest BCUT2D eigenvalue weighted by Gasteiger charge is -2.32. The molecule has 0 amide bonds. The molecule has 5 heteroatoms. The molecule has 3 nitrogen and oxygen atoms in total. The van der Waals surface area contributed by atoms with Crippen molar-refractivity contribution in [2.24, 2.45) is 11.7 Å². The van der Waals surface area contributed by atoms with Gasteiger partial charge in [-0.25, -0.2) is 8.78 Å². The molecule has 15 heavy (non-hydrogen) atoms. The minimum Gasteiger partial charge on any atom is -0.377 e. The van der Waals surface area contributed by atoms with E-state index in [-0.39, 0.29) is 18.4 Å². The van der Waals surface area contributed by atoms with Crippen molar-refractivity contribution in [1.82, 2.24) is 4.90 Å². The third kappa shape index (κ3) is 2.86. The van der Waals surface area contributed by atoms with Crippen LogP contribution in [0.4, 0.5) is 8.78 Å². The maximum absolute atomic E-state index is 13.1. The molecule has 1 fully saturated rings. The predicted molar refractivity (Wildman–Crippen MR) is 54.6 cm³/mol. The molecule has 0 aromatic carbocycles. The van der Waals surface area contributed by atoms with Gasteiger partial charge in [0.05, 0.1) is 6.54 Å². The van der Waals surface area contributed by atoms with Gasteiger partial charge in [0.2, 0.25) is 0 Å². The number of aliphatic hydroxyl groups is 1. The molecule has 0 saturated carbocycles. The highest BCUT2D eigenvalue weighted by Gasteiger charge is 2.46. The fourth-order valence-corrected chi connectivity index (χ4v) is 1.96. The number of hydrogen-bond acceptors (Lipinski definition) is 3. The zero-order valence-corrected chi connectivity index (χ0v) is 9.45. The first kappa shape index (κ1) is 12.8. The van der Waals surface area contributed by atoms with E-state index in [9.17, 15) is 13.9 Å². The molecule has 1 saturated heterocycles. The molecule has 0 aromatic heterocycles. The van der Waals surface area contributed by atoms with Crippen molar-refractivity contribution in [3.8, 4) is 0 Å². The molecule has 1 heterocycles. The number of nitrogens with two attached hydrogens (primary N) is 1. The average molecular weight is 222 g/mol. The molecule has 90 valence electrons. The summed E-state index contributed by atoms with van der Waals surface area (Å²) in [7, 11) is 0. The van der Waals surface area contributed by atoms with Crippen LogP contribution in [0, 0.1) is 5.92 Å². The van der Waals surface area contributed by atoms with E-state index in [1.165, 1.54) is 4.90 Å². The van der Waals surface area contributed by atoms with Gasteiger partial charge in [-0.15, -0.1) is 0 Å². The van der Waals surface area contributed by atoms with Crippen LogP contribution in [0.5, 0.6) is 0 Å². The summed E-state index contributed by atoms with van der Waals surface area (Å²) in [5, 5.41) is 9.86. The second-order valence-electron chi connectivity index (χ2n) is 4.82. The van der Waals surface area contributed by atoms with Gasteiger partial charge in [0, 0.05) is 18.5 Å². The smallest absolute Gasteiger partial charge is 0.262 e. The summed E-state index contributed by atoms with van der Waals surface area (Å²) in [6, 6.07) is -0.804. The lowest BCUT2D eigenvalue weighted by molar-refractivity contribution is -0.0524. The minimum absolute atomic E-state index is 0.0708. The zero-order valence-electron chi connectivity index (χ0n) is 9.45. The first-order valence-corrected chi connectivity index (χ1v) is 5.32. The fourth-order valence-electron chi connectivity index (χ4n) is 1.96. The van der Waals surface area contributed by atoms with Crippen LogP contribution >= 0.6 is 0 Å². The number of alkyl halides is 2. The molecule has 1 aliphatic rings. The Bertz CT molecular complexity index is 223. The standard InChI is InChI=1S/C10H20F2N2O/c1-6(2)8(13)9(15)14-5-10(11,12)4-7(14)3/h6-9,15H,4-5,13H2,1-3H3/t7-,8+,9?/m1/s1. The lowest BCUT2D eigenvalue weighted by atomic mass is 10.0. The Labute approximate surface area is 89.2 Å². The predicted octanol–water partition coefficient (Wildman–Crippen LogP) is 1.02. The van der Waals surface area contributed by atoms with Gasteiger partial charge in [-0.05, 0) is 12.8 Å². The van der Waals surface area contributed by atoms with Gasteiger partial charge in [0.15, 0.2) is 0 Å². The second kappa shape index (κ2) is 4.31. The van der Waals surface area contributed by atoms with Crippen LogP contribution in [0.15, 0.2) is 0 Å². The Hall–Kier alpha value is -0.260. The molecule has 0 radical (unpaired) electrons. The third-order valence-corrected chi connectivity index (χ3v) is 3.03. The summed E-state index contributed by atoms with van der Waals surface area (Å²) in [5.41, 5.74) is 5.75. The van der Waals surface area contributed by atoms with Crippen molar-refractivity contribution >= 4 is 0 Å². The minimum atomic E-state index is -2.70. The SMILES string of the molecule is CC(C)[C@H](N)C(O)N1CC(F)(F)C[C@H]1C. The number of likely N-dealkylation sites (tertiary alicyclic amines) is 1. The van der Waals surface area contributed by atoms with E-state index in [1.54, 1.807) is 6.92 Å². The van der Waals surface area contributed by atoms with Crippen LogP contribution < -0.4 is 5.73 Å². The van der Waals surface area contributed by atoms with Gasteiger partial charge < -0.3 is 10.8 Å². The molecule has 0 aliphatic carbocycles. The number of halogens is 2. The molecule has 1 rings (SSSR count).